The van der Waals surface area contributed by atoms with Gasteiger partial charge < -0.3 is 4.84 Å². The van der Waals surface area contributed by atoms with Gasteiger partial charge in [-0.2, -0.15) is 13.2 Å². The Morgan fingerprint density at radius 3 is 2.58 bits per heavy atom. The van der Waals surface area contributed by atoms with Crippen molar-refractivity contribution in [2.24, 2.45) is 5.16 Å². The third kappa shape index (κ3) is 4.21. The van der Waals surface area contributed by atoms with Gasteiger partial charge in [-0.25, -0.2) is 4.98 Å². The van der Waals surface area contributed by atoms with Gasteiger partial charge in [0.05, 0.1) is 17.5 Å². The molecule has 3 aromatic rings. The summed E-state index contributed by atoms with van der Waals surface area (Å²) in [5, 5.41) is 8.24. The minimum absolute atomic E-state index is 0.207. The average Bonchev–Trinajstić information content (AvgIpc) is 3.23. The largest absolute Gasteiger partial charge is 0.416 e. The number of thiophene rings is 1. The molecule has 0 aliphatic heterocycles. The molecule has 0 saturated heterocycles. The highest BCUT2D eigenvalue weighted by Crippen LogP contribution is 2.31. The molecule has 0 aliphatic carbocycles. The standard InChI is InChI=1S/C16H11F3N2OS2/c17-16(18,19)12-5-3-11(4-6-12)15-21-13(10-24-15)9-22-20-8-14-2-1-7-23-14/h1-8,10H,9H2/b20-8+. The van der Waals surface area contributed by atoms with Gasteiger partial charge >= 0.3 is 6.18 Å². The minimum atomic E-state index is -4.33. The molecular weight excluding hydrogens is 357 g/mol. The Labute approximate surface area is 144 Å². The predicted molar refractivity (Wildman–Crippen MR) is 89.3 cm³/mol. The minimum Gasteiger partial charge on any atom is -0.389 e. The van der Waals surface area contributed by atoms with Gasteiger partial charge in [-0.3, -0.25) is 0 Å². The van der Waals surface area contributed by atoms with E-state index in [0.29, 0.717) is 16.3 Å². The Balaban J connectivity index is 1.61. The maximum absolute atomic E-state index is 12.6. The predicted octanol–water partition coefficient (Wildman–Crippen LogP) is 5.44. The van der Waals surface area contributed by atoms with E-state index in [1.54, 1.807) is 22.9 Å². The first kappa shape index (κ1) is 16.7. The van der Waals surface area contributed by atoms with E-state index in [-0.39, 0.29) is 6.61 Å². The van der Waals surface area contributed by atoms with Crippen LogP contribution in [0.1, 0.15) is 16.1 Å². The highest BCUT2D eigenvalue weighted by molar-refractivity contribution is 7.13. The molecule has 0 N–H and O–H groups in total. The molecule has 0 aliphatic rings. The van der Waals surface area contributed by atoms with Gasteiger partial charge in [0.15, 0.2) is 6.61 Å². The second kappa shape index (κ2) is 7.14. The molecule has 3 rings (SSSR count). The van der Waals surface area contributed by atoms with Crippen molar-refractivity contribution in [3.63, 3.8) is 0 Å². The van der Waals surface area contributed by atoms with Crippen LogP contribution in [0.2, 0.25) is 0 Å². The number of thiazole rings is 1. The molecular formula is C16H11F3N2OS2. The number of rotatable bonds is 5. The van der Waals surface area contributed by atoms with Crippen molar-refractivity contribution in [2.75, 3.05) is 0 Å². The van der Waals surface area contributed by atoms with Crippen molar-refractivity contribution in [3.8, 4) is 10.6 Å². The fourth-order valence-corrected chi connectivity index (χ4v) is 3.25. The highest BCUT2D eigenvalue weighted by atomic mass is 32.1. The molecule has 0 saturated carbocycles. The number of aromatic nitrogens is 1. The van der Waals surface area contributed by atoms with Crippen LogP contribution in [0.3, 0.4) is 0 Å². The molecule has 0 radical (unpaired) electrons. The van der Waals surface area contributed by atoms with Crippen LogP contribution < -0.4 is 0 Å². The van der Waals surface area contributed by atoms with Gasteiger partial charge in [0.1, 0.15) is 5.01 Å². The summed E-state index contributed by atoms with van der Waals surface area (Å²) in [6.45, 7) is 0.207. The number of alkyl halides is 3. The zero-order valence-corrected chi connectivity index (χ0v) is 13.8. The quantitative estimate of drug-likeness (QED) is 0.444. The van der Waals surface area contributed by atoms with Crippen LogP contribution in [0.5, 0.6) is 0 Å². The number of hydrogen-bond donors (Lipinski definition) is 0. The molecule has 8 heteroatoms. The molecule has 0 bridgehead atoms. The second-order valence-corrected chi connectivity index (χ2v) is 6.58. The third-order valence-corrected chi connectivity index (χ3v) is 4.77. The molecule has 3 nitrogen and oxygen atoms in total. The van der Waals surface area contributed by atoms with E-state index in [4.69, 9.17) is 4.84 Å². The van der Waals surface area contributed by atoms with Crippen molar-refractivity contribution in [1.29, 1.82) is 0 Å². The molecule has 0 fully saturated rings. The summed E-state index contributed by atoms with van der Waals surface area (Å²) < 4.78 is 37.7. The van der Waals surface area contributed by atoms with E-state index in [9.17, 15) is 13.2 Å². The molecule has 1 aromatic carbocycles. The number of nitrogens with zero attached hydrogens (tertiary/aromatic N) is 2. The van der Waals surface area contributed by atoms with E-state index in [2.05, 4.69) is 10.1 Å². The molecule has 0 atom stereocenters. The highest BCUT2D eigenvalue weighted by Gasteiger charge is 2.30. The molecule has 0 unspecified atom stereocenters. The summed E-state index contributed by atoms with van der Waals surface area (Å²) >= 11 is 2.90. The Kier molecular flexibility index (Phi) is 4.96. The van der Waals surface area contributed by atoms with E-state index in [1.165, 1.54) is 23.5 Å². The van der Waals surface area contributed by atoms with Crippen LogP contribution in [-0.2, 0) is 17.6 Å². The number of oxime groups is 1. The first-order valence-electron chi connectivity index (χ1n) is 6.83. The van der Waals surface area contributed by atoms with Crippen LogP contribution >= 0.6 is 22.7 Å². The van der Waals surface area contributed by atoms with Crippen molar-refractivity contribution < 1.29 is 18.0 Å². The van der Waals surface area contributed by atoms with Crippen molar-refractivity contribution in [3.05, 3.63) is 63.3 Å². The SMILES string of the molecule is FC(F)(F)c1ccc(-c2nc(CO/N=C/c3cccs3)cs2)cc1. The van der Waals surface area contributed by atoms with E-state index >= 15 is 0 Å². The Morgan fingerprint density at radius 1 is 1.12 bits per heavy atom. The Bertz CT molecular complexity index is 809. The van der Waals surface area contributed by atoms with E-state index in [0.717, 1.165) is 17.0 Å². The lowest BCUT2D eigenvalue weighted by atomic mass is 10.1. The maximum atomic E-state index is 12.6. The van der Waals surface area contributed by atoms with E-state index < -0.39 is 11.7 Å². The van der Waals surface area contributed by atoms with Crippen LogP contribution in [-0.4, -0.2) is 11.2 Å². The fourth-order valence-electron chi connectivity index (χ4n) is 1.86. The summed E-state index contributed by atoms with van der Waals surface area (Å²) in [4.78, 5) is 10.5. The molecule has 24 heavy (non-hydrogen) atoms. The van der Waals surface area contributed by atoms with Crippen LogP contribution in [0.25, 0.3) is 10.6 Å². The second-order valence-electron chi connectivity index (χ2n) is 4.74. The molecule has 2 aromatic heterocycles. The number of benzene rings is 1. The lowest BCUT2D eigenvalue weighted by molar-refractivity contribution is -0.137. The van der Waals surface area contributed by atoms with Gasteiger partial charge in [0.2, 0.25) is 0 Å². The first-order valence-corrected chi connectivity index (χ1v) is 8.59. The third-order valence-electron chi connectivity index (χ3n) is 3.02. The van der Waals surface area contributed by atoms with Crippen molar-refractivity contribution in [2.45, 2.75) is 12.8 Å². The smallest absolute Gasteiger partial charge is 0.389 e. The van der Waals surface area contributed by atoms with Crippen LogP contribution in [0.15, 0.2) is 52.3 Å². The summed E-state index contributed by atoms with van der Waals surface area (Å²) in [6, 6.07) is 8.78. The summed E-state index contributed by atoms with van der Waals surface area (Å²) in [7, 11) is 0. The average molecular weight is 368 g/mol. The van der Waals surface area contributed by atoms with Crippen LogP contribution in [0, 0.1) is 0 Å². The van der Waals surface area contributed by atoms with Gasteiger partial charge in [0, 0.05) is 15.8 Å². The molecule has 124 valence electrons. The zero-order chi connectivity index (χ0) is 17.0. The van der Waals surface area contributed by atoms with Gasteiger partial charge in [-0.15, -0.1) is 22.7 Å². The van der Waals surface area contributed by atoms with Crippen LogP contribution in [0.4, 0.5) is 13.2 Å². The summed E-state index contributed by atoms with van der Waals surface area (Å²) in [5.74, 6) is 0. The monoisotopic (exact) mass is 368 g/mol. The molecule has 0 spiro atoms. The molecule has 2 heterocycles. The van der Waals surface area contributed by atoms with Gasteiger partial charge in [0.25, 0.3) is 0 Å². The topological polar surface area (TPSA) is 34.5 Å². The first-order chi connectivity index (χ1) is 11.5. The Morgan fingerprint density at radius 2 is 1.92 bits per heavy atom. The normalized spacial score (nSPS) is 12.0. The summed E-state index contributed by atoms with van der Waals surface area (Å²) in [5.41, 5.74) is 0.647. The maximum Gasteiger partial charge on any atom is 0.416 e. The number of halogens is 3. The lowest BCUT2D eigenvalue weighted by Gasteiger charge is -2.06. The van der Waals surface area contributed by atoms with Crippen molar-refractivity contribution in [1.82, 2.24) is 4.98 Å². The molecule has 0 amide bonds. The van der Waals surface area contributed by atoms with Gasteiger partial charge in [-0.1, -0.05) is 23.4 Å². The number of hydrogen-bond acceptors (Lipinski definition) is 5. The lowest BCUT2D eigenvalue weighted by Crippen LogP contribution is -2.03. The summed E-state index contributed by atoms with van der Waals surface area (Å²) in [6.07, 6.45) is -2.71. The fraction of sp³-hybridized carbons (Fsp3) is 0.125. The Hall–Kier alpha value is -2.19. The zero-order valence-electron chi connectivity index (χ0n) is 12.2. The van der Waals surface area contributed by atoms with Gasteiger partial charge in [-0.05, 0) is 23.6 Å². The van der Waals surface area contributed by atoms with Crippen molar-refractivity contribution >= 4 is 28.9 Å². The van der Waals surface area contributed by atoms with E-state index in [1.807, 2.05) is 17.5 Å².